The molecular weight excluding hydrogens is 436 g/mol. The minimum atomic E-state index is -1.00. The number of nitrogens with zero attached hydrogens (tertiary/aromatic N) is 1. The third kappa shape index (κ3) is 5.54. The summed E-state index contributed by atoms with van der Waals surface area (Å²) in [6, 6.07) is 6.93. The van der Waals surface area contributed by atoms with E-state index in [0.29, 0.717) is 36.4 Å². The maximum Gasteiger partial charge on any atom is 0.268 e. The molecule has 2 fully saturated rings. The highest BCUT2D eigenvalue weighted by Gasteiger charge is 2.34. The van der Waals surface area contributed by atoms with Crippen LogP contribution in [0.2, 0.25) is 0 Å². The molecular formula is C24H28N6O4. The van der Waals surface area contributed by atoms with E-state index >= 15 is 0 Å². The maximum atomic E-state index is 13.1. The Morgan fingerprint density at radius 1 is 1.12 bits per heavy atom. The second kappa shape index (κ2) is 9.95. The molecule has 2 aromatic rings. The van der Waals surface area contributed by atoms with Crippen molar-refractivity contribution in [3.63, 3.8) is 0 Å². The van der Waals surface area contributed by atoms with Crippen molar-refractivity contribution in [3.8, 4) is 6.07 Å². The summed E-state index contributed by atoms with van der Waals surface area (Å²) < 4.78 is 0. The van der Waals surface area contributed by atoms with Crippen LogP contribution in [0.15, 0.2) is 24.3 Å². The fourth-order valence-corrected chi connectivity index (χ4v) is 4.34. The lowest BCUT2D eigenvalue weighted by Gasteiger charge is -2.27. The predicted molar refractivity (Wildman–Crippen MR) is 123 cm³/mol. The standard InChI is InChI=1S/C24H28N6O4/c25-12-14-5-6-15-10-20(28-17(15)9-14)24(34)30-19(8-13-3-4-13)23(33)29-18(21(26)31)11-16-2-1-7-27-22(16)32/h5-6,9-10,13,16,18-19,28H,1-4,7-8,11H2,(H2,26,31)(H,27,32)(H,29,33)(H,30,34)/t16-,18?,19-/m0/s1. The van der Waals surface area contributed by atoms with Gasteiger partial charge in [0, 0.05) is 23.4 Å². The van der Waals surface area contributed by atoms with E-state index in [-0.39, 0.29) is 18.0 Å². The number of primary amides is 1. The molecule has 4 rings (SSSR count). The Labute approximate surface area is 196 Å². The molecule has 0 spiro atoms. The highest BCUT2D eigenvalue weighted by Crippen LogP contribution is 2.33. The van der Waals surface area contributed by atoms with Crippen LogP contribution < -0.4 is 21.7 Å². The van der Waals surface area contributed by atoms with Gasteiger partial charge in [0.1, 0.15) is 17.8 Å². The van der Waals surface area contributed by atoms with Crippen LogP contribution in [0, 0.1) is 23.2 Å². The molecule has 1 saturated carbocycles. The number of nitriles is 1. The number of aromatic amines is 1. The van der Waals surface area contributed by atoms with E-state index in [1.165, 1.54) is 0 Å². The molecule has 1 aromatic carbocycles. The van der Waals surface area contributed by atoms with Crippen molar-refractivity contribution in [1.82, 2.24) is 20.9 Å². The van der Waals surface area contributed by atoms with Gasteiger partial charge in [-0.2, -0.15) is 5.26 Å². The number of nitrogens with two attached hydrogens (primary N) is 1. The fourth-order valence-electron chi connectivity index (χ4n) is 4.34. The molecule has 34 heavy (non-hydrogen) atoms. The number of piperidine rings is 1. The zero-order valence-electron chi connectivity index (χ0n) is 18.7. The second-order valence-corrected chi connectivity index (χ2v) is 9.13. The van der Waals surface area contributed by atoms with Crippen molar-refractivity contribution in [1.29, 1.82) is 5.26 Å². The number of aromatic nitrogens is 1. The predicted octanol–water partition coefficient (Wildman–Crippen LogP) is 0.824. The molecule has 3 atom stereocenters. The minimum absolute atomic E-state index is 0.125. The Bertz CT molecular complexity index is 1160. The number of carbonyl (C=O) groups is 4. The average molecular weight is 465 g/mol. The van der Waals surface area contributed by atoms with E-state index in [1.54, 1.807) is 24.3 Å². The van der Waals surface area contributed by atoms with Crippen molar-refractivity contribution in [3.05, 3.63) is 35.5 Å². The van der Waals surface area contributed by atoms with Gasteiger partial charge in [-0.3, -0.25) is 19.2 Å². The first-order chi connectivity index (χ1) is 16.3. The van der Waals surface area contributed by atoms with Crippen molar-refractivity contribution in [2.45, 2.75) is 50.6 Å². The van der Waals surface area contributed by atoms with Gasteiger partial charge in [-0.05, 0) is 49.8 Å². The van der Waals surface area contributed by atoms with E-state index in [4.69, 9.17) is 11.0 Å². The minimum Gasteiger partial charge on any atom is -0.368 e. The summed E-state index contributed by atoms with van der Waals surface area (Å²) in [6.45, 7) is 0.601. The summed E-state index contributed by atoms with van der Waals surface area (Å²) in [4.78, 5) is 53.1. The second-order valence-electron chi connectivity index (χ2n) is 9.13. The van der Waals surface area contributed by atoms with Crippen LogP contribution in [0.3, 0.4) is 0 Å². The highest BCUT2D eigenvalue weighted by atomic mass is 16.2. The number of H-pyrrole nitrogens is 1. The van der Waals surface area contributed by atoms with E-state index in [0.717, 1.165) is 24.6 Å². The lowest BCUT2D eigenvalue weighted by Crippen LogP contribution is -2.54. The summed E-state index contributed by atoms with van der Waals surface area (Å²) >= 11 is 0. The lowest BCUT2D eigenvalue weighted by atomic mass is 9.91. The third-order valence-electron chi connectivity index (χ3n) is 6.46. The van der Waals surface area contributed by atoms with Crippen molar-refractivity contribution < 1.29 is 19.2 Å². The van der Waals surface area contributed by atoms with Crippen LogP contribution in [-0.2, 0) is 14.4 Å². The Kier molecular flexibility index (Phi) is 6.82. The van der Waals surface area contributed by atoms with Gasteiger partial charge in [0.2, 0.25) is 17.7 Å². The Morgan fingerprint density at radius 3 is 2.59 bits per heavy atom. The number of amides is 4. The monoisotopic (exact) mass is 464 g/mol. The first kappa shape index (κ1) is 23.3. The van der Waals surface area contributed by atoms with Crippen LogP contribution in [0.25, 0.3) is 10.9 Å². The molecule has 2 heterocycles. The number of hydrogen-bond acceptors (Lipinski definition) is 5. The first-order valence-corrected chi connectivity index (χ1v) is 11.5. The van der Waals surface area contributed by atoms with E-state index < -0.39 is 35.7 Å². The van der Waals surface area contributed by atoms with Crippen molar-refractivity contribution >= 4 is 34.5 Å². The third-order valence-corrected chi connectivity index (χ3v) is 6.46. The zero-order valence-corrected chi connectivity index (χ0v) is 18.7. The maximum absolute atomic E-state index is 13.1. The van der Waals surface area contributed by atoms with Gasteiger partial charge in [0.25, 0.3) is 5.91 Å². The topological polar surface area (TPSA) is 170 Å². The molecule has 1 aromatic heterocycles. The quantitative estimate of drug-likeness (QED) is 0.369. The van der Waals surface area contributed by atoms with Gasteiger partial charge < -0.3 is 26.7 Å². The molecule has 6 N–H and O–H groups in total. The number of hydrogen-bond donors (Lipinski definition) is 5. The SMILES string of the molecule is N#Cc1ccc2cc(C(=O)N[C@@H](CC3CC3)C(=O)NC(C[C@@H]3CCCNC3=O)C(N)=O)[nH]c2c1. The summed E-state index contributed by atoms with van der Waals surface area (Å²) in [5.74, 6) is -1.89. The largest absolute Gasteiger partial charge is 0.368 e. The lowest BCUT2D eigenvalue weighted by molar-refractivity contribution is -0.131. The number of nitrogens with one attached hydrogen (secondary N) is 4. The summed E-state index contributed by atoms with van der Waals surface area (Å²) in [5, 5.41) is 18.0. The molecule has 1 aliphatic carbocycles. The Hall–Kier alpha value is -3.87. The average Bonchev–Trinajstić information content (AvgIpc) is 3.53. The summed E-state index contributed by atoms with van der Waals surface area (Å²) in [6.07, 6.45) is 3.96. The Balaban J connectivity index is 1.45. The van der Waals surface area contributed by atoms with Crippen molar-refractivity contribution in [2.24, 2.45) is 17.6 Å². The Morgan fingerprint density at radius 2 is 1.91 bits per heavy atom. The molecule has 10 heteroatoms. The van der Waals surface area contributed by atoms with Crippen molar-refractivity contribution in [2.75, 3.05) is 6.54 Å². The number of benzene rings is 1. The van der Waals surface area contributed by atoms with E-state index in [2.05, 4.69) is 27.0 Å². The molecule has 1 aliphatic heterocycles. The molecule has 4 amide bonds. The molecule has 0 bridgehead atoms. The number of fused-ring (bicyclic) bond motifs is 1. The molecule has 1 unspecified atom stereocenters. The smallest absolute Gasteiger partial charge is 0.268 e. The molecule has 1 saturated heterocycles. The normalized spacial score (nSPS) is 19.5. The van der Waals surface area contributed by atoms with Crippen LogP contribution in [0.4, 0.5) is 0 Å². The molecule has 10 nitrogen and oxygen atoms in total. The van der Waals surface area contributed by atoms with Gasteiger partial charge in [-0.25, -0.2) is 0 Å². The summed E-state index contributed by atoms with van der Waals surface area (Å²) in [5.41, 5.74) is 6.90. The molecule has 178 valence electrons. The van der Waals surface area contributed by atoms with Crippen LogP contribution in [0.5, 0.6) is 0 Å². The van der Waals surface area contributed by atoms with Gasteiger partial charge in [-0.15, -0.1) is 0 Å². The van der Waals surface area contributed by atoms with E-state index in [1.807, 2.05) is 0 Å². The number of carbonyl (C=O) groups excluding carboxylic acids is 4. The van der Waals surface area contributed by atoms with Gasteiger partial charge in [0.05, 0.1) is 11.6 Å². The van der Waals surface area contributed by atoms with Gasteiger partial charge >= 0.3 is 0 Å². The first-order valence-electron chi connectivity index (χ1n) is 11.5. The number of rotatable bonds is 9. The summed E-state index contributed by atoms with van der Waals surface area (Å²) in [7, 11) is 0. The van der Waals surface area contributed by atoms with Crippen LogP contribution >= 0.6 is 0 Å². The molecule has 0 radical (unpaired) electrons. The highest BCUT2D eigenvalue weighted by molar-refractivity contribution is 6.00. The molecule has 2 aliphatic rings. The van der Waals surface area contributed by atoms with Crippen LogP contribution in [0.1, 0.15) is 54.6 Å². The van der Waals surface area contributed by atoms with Crippen LogP contribution in [-0.4, -0.2) is 47.2 Å². The fraction of sp³-hybridized carbons (Fsp3) is 0.458. The van der Waals surface area contributed by atoms with Gasteiger partial charge in [0.15, 0.2) is 0 Å². The van der Waals surface area contributed by atoms with Gasteiger partial charge in [-0.1, -0.05) is 18.9 Å². The van der Waals surface area contributed by atoms with E-state index in [9.17, 15) is 19.2 Å². The zero-order chi connectivity index (χ0) is 24.2.